The molecule has 52 heavy (non-hydrogen) atoms. The standard InChI is InChI=1S/C36H42F6N6O4/c1-45-19-24-17-23(45)20-48(24)22-6-10-46(11-7-22)32(50)29(16-21-14-26(35(37,38)39)31(43)27(15-21)36(40,41)42)52-33(51)47-12-8-34(9-13-47)18-30(49)44-28-5-3-2-4-25(28)34/h2-5,14-15,22-24,29H,6-13,16-20,43H2,1H3,(H,44,49)/t23?,24?,29-/m1/s1. The predicted octanol–water partition coefficient (Wildman–Crippen LogP) is 5.11. The minimum absolute atomic E-state index is 0.145. The van der Waals surface area contributed by atoms with E-state index >= 15 is 0 Å². The van der Waals surface area contributed by atoms with Crippen LogP contribution in [-0.2, 0) is 38.5 Å². The van der Waals surface area contributed by atoms with E-state index in [0.29, 0.717) is 68.7 Å². The van der Waals surface area contributed by atoms with E-state index in [9.17, 15) is 40.7 Å². The molecule has 1 spiro atoms. The molecule has 3 atom stereocenters. The molecular weight excluding hydrogens is 694 g/mol. The van der Waals surface area contributed by atoms with E-state index in [1.165, 1.54) is 9.80 Å². The third-order valence-electron chi connectivity index (χ3n) is 11.8. The summed E-state index contributed by atoms with van der Waals surface area (Å²) in [4.78, 5) is 48.0. The number of para-hydroxylation sites is 1. The molecule has 5 heterocycles. The maximum absolute atomic E-state index is 14.1. The largest absolute Gasteiger partial charge is 0.436 e. The summed E-state index contributed by atoms with van der Waals surface area (Å²) >= 11 is 0. The second-order valence-electron chi connectivity index (χ2n) is 15.0. The molecule has 0 saturated carbocycles. The van der Waals surface area contributed by atoms with Gasteiger partial charge in [-0.2, -0.15) is 26.3 Å². The molecule has 0 aliphatic carbocycles. The van der Waals surface area contributed by atoms with E-state index < -0.39 is 64.7 Å². The van der Waals surface area contributed by atoms with Gasteiger partial charge in [-0.05, 0) is 68.5 Å². The van der Waals surface area contributed by atoms with E-state index in [4.69, 9.17) is 10.5 Å². The van der Waals surface area contributed by atoms with Gasteiger partial charge in [-0.15, -0.1) is 0 Å². The van der Waals surface area contributed by atoms with Gasteiger partial charge in [-0.25, -0.2) is 4.79 Å². The number of carbonyl (C=O) groups excluding carboxylic acids is 3. The monoisotopic (exact) mass is 736 g/mol. The Labute approximate surface area is 297 Å². The number of piperazine rings is 1. The van der Waals surface area contributed by atoms with Crippen LogP contribution in [0.15, 0.2) is 36.4 Å². The first kappa shape index (κ1) is 36.3. The molecule has 282 valence electrons. The quantitative estimate of drug-likeness (QED) is 0.325. The number of nitrogens with zero attached hydrogens (tertiary/aromatic N) is 4. The molecule has 5 aliphatic heterocycles. The van der Waals surface area contributed by atoms with Crippen LogP contribution in [0.2, 0.25) is 0 Å². The number of nitrogens with one attached hydrogen (secondary N) is 1. The summed E-state index contributed by atoms with van der Waals surface area (Å²) in [6.07, 6.45) is -10.3. The zero-order valence-corrected chi connectivity index (χ0v) is 28.7. The summed E-state index contributed by atoms with van der Waals surface area (Å²) < 4.78 is 89.1. The number of halogens is 6. The molecule has 2 aromatic rings. The molecule has 0 radical (unpaired) electrons. The zero-order valence-electron chi connectivity index (χ0n) is 28.7. The van der Waals surface area contributed by atoms with Gasteiger partial charge in [0.2, 0.25) is 5.91 Å². The number of carbonyl (C=O) groups is 3. The lowest BCUT2D eigenvalue weighted by atomic mass is 9.68. The molecule has 2 aromatic carbocycles. The van der Waals surface area contributed by atoms with Gasteiger partial charge >= 0.3 is 18.4 Å². The number of nitrogens with two attached hydrogens (primary N) is 1. The molecule has 10 nitrogen and oxygen atoms in total. The third kappa shape index (κ3) is 6.91. The highest BCUT2D eigenvalue weighted by Crippen LogP contribution is 2.46. The predicted molar refractivity (Wildman–Crippen MR) is 178 cm³/mol. The number of ether oxygens (including phenoxy) is 1. The van der Waals surface area contributed by atoms with Gasteiger partial charge in [0.15, 0.2) is 6.10 Å². The highest BCUT2D eigenvalue weighted by molar-refractivity contribution is 5.95. The minimum atomic E-state index is -5.21. The van der Waals surface area contributed by atoms with Crippen molar-refractivity contribution in [2.75, 3.05) is 57.4 Å². The molecule has 16 heteroatoms. The molecule has 2 bridgehead atoms. The molecular formula is C36H42F6N6O4. The van der Waals surface area contributed by atoms with Gasteiger partial charge < -0.3 is 30.5 Å². The maximum atomic E-state index is 14.1. The van der Waals surface area contributed by atoms with Crippen molar-refractivity contribution in [3.8, 4) is 0 Å². The van der Waals surface area contributed by atoms with Crippen LogP contribution in [0.5, 0.6) is 0 Å². The number of hydrogen-bond acceptors (Lipinski definition) is 7. The van der Waals surface area contributed by atoms with Crippen molar-refractivity contribution in [2.45, 2.75) is 86.9 Å². The number of benzene rings is 2. The van der Waals surface area contributed by atoms with Crippen molar-refractivity contribution in [3.05, 3.63) is 58.7 Å². The summed E-state index contributed by atoms with van der Waals surface area (Å²) in [6, 6.07) is 9.58. The zero-order chi connectivity index (χ0) is 37.2. The topological polar surface area (TPSA) is 111 Å². The molecule has 5 aliphatic rings. The normalized spacial score (nSPS) is 24.6. The number of rotatable bonds is 5. The summed E-state index contributed by atoms with van der Waals surface area (Å²) in [6.45, 7) is 2.85. The van der Waals surface area contributed by atoms with Crippen molar-refractivity contribution in [1.29, 1.82) is 0 Å². The highest BCUT2D eigenvalue weighted by Gasteiger charge is 2.47. The molecule has 3 amide bonds. The van der Waals surface area contributed by atoms with Gasteiger partial charge in [-0.1, -0.05) is 18.2 Å². The number of fused-ring (bicyclic) bond motifs is 4. The lowest BCUT2D eigenvalue weighted by Gasteiger charge is -2.44. The van der Waals surface area contributed by atoms with E-state index in [2.05, 4.69) is 22.2 Å². The summed E-state index contributed by atoms with van der Waals surface area (Å²) in [5.74, 6) is -0.826. The second-order valence-corrected chi connectivity index (χ2v) is 15.0. The van der Waals surface area contributed by atoms with Crippen LogP contribution in [0, 0.1) is 0 Å². The van der Waals surface area contributed by atoms with Crippen LogP contribution >= 0.6 is 0 Å². The Morgan fingerprint density at radius 1 is 0.923 bits per heavy atom. The first-order valence-corrected chi connectivity index (χ1v) is 17.7. The molecule has 4 saturated heterocycles. The van der Waals surface area contributed by atoms with E-state index in [0.717, 1.165) is 25.1 Å². The van der Waals surface area contributed by atoms with Gasteiger partial charge in [0.1, 0.15) is 0 Å². The fourth-order valence-electron chi connectivity index (χ4n) is 9.07. The van der Waals surface area contributed by atoms with Crippen molar-refractivity contribution in [3.63, 3.8) is 0 Å². The molecule has 7 rings (SSSR count). The van der Waals surface area contributed by atoms with Crippen molar-refractivity contribution >= 4 is 29.3 Å². The number of likely N-dealkylation sites (tertiary alicyclic amines) is 4. The van der Waals surface area contributed by atoms with Crippen LogP contribution < -0.4 is 11.1 Å². The van der Waals surface area contributed by atoms with E-state index in [-0.39, 0.29) is 31.5 Å². The van der Waals surface area contributed by atoms with Gasteiger partial charge in [0, 0.05) is 81.3 Å². The number of nitrogen functional groups attached to an aromatic ring is 1. The number of likely N-dealkylation sites (N-methyl/N-ethyl adjacent to an activating group) is 1. The second kappa shape index (κ2) is 13.4. The summed E-state index contributed by atoms with van der Waals surface area (Å²) in [7, 11) is 2.11. The van der Waals surface area contributed by atoms with Crippen molar-refractivity contribution in [2.24, 2.45) is 0 Å². The Balaban J connectivity index is 1.10. The summed E-state index contributed by atoms with van der Waals surface area (Å²) in [5.41, 5.74) is 1.18. The van der Waals surface area contributed by atoms with Gasteiger partial charge in [-0.3, -0.25) is 14.5 Å². The molecule has 2 unspecified atom stereocenters. The van der Waals surface area contributed by atoms with Gasteiger partial charge in [0.25, 0.3) is 5.91 Å². The SMILES string of the molecule is CN1CC2CC1CN2C1CCN(C(=O)[C@@H](Cc2cc(C(F)(F)F)c(N)c(C(F)(F)F)c2)OC(=O)N2CCC3(CC2)CC(=O)Nc2ccccc23)CC1. The van der Waals surface area contributed by atoms with Gasteiger partial charge in [0.05, 0.1) is 16.8 Å². The number of piperidine rings is 2. The lowest BCUT2D eigenvalue weighted by molar-refractivity contribution is -0.142. The van der Waals surface area contributed by atoms with Crippen LogP contribution in [0.4, 0.5) is 42.5 Å². The average Bonchev–Trinajstić information content (AvgIpc) is 3.67. The number of amides is 3. The molecule has 4 fully saturated rings. The number of hydrogen-bond donors (Lipinski definition) is 2. The Kier molecular flexibility index (Phi) is 9.37. The first-order valence-electron chi connectivity index (χ1n) is 17.7. The Hall–Kier alpha value is -4.05. The maximum Gasteiger partial charge on any atom is 0.418 e. The Morgan fingerprint density at radius 3 is 2.13 bits per heavy atom. The smallest absolute Gasteiger partial charge is 0.418 e. The minimum Gasteiger partial charge on any atom is -0.436 e. The number of alkyl halides is 6. The van der Waals surface area contributed by atoms with Crippen LogP contribution in [0.3, 0.4) is 0 Å². The Morgan fingerprint density at radius 2 is 1.56 bits per heavy atom. The van der Waals surface area contributed by atoms with E-state index in [1.54, 1.807) is 0 Å². The van der Waals surface area contributed by atoms with Crippen molar-refractivity contribution < 1.29 is 45.5 Å². The van der Waals surface area contributed by atoms with E-state index in [1.807, 2.05) is 24.3 Å². The lowest BCUT2D eigenvalue weighted by Crippen LogP contribution is -2.55. The fourth-order valence-corrected chi connectivity index (χ4v) is 9.07. The fraction of sp³-hybridized carbons (Fsp3) is 0.583. The molecule has 0 aromatic heterocycles. The average molecular weight is 737 g/mol. The van der Waals surface area contributed by atoms with Crippen LogP contribution in [-0.4, -0.2) is 108 Å². The van der Waals surface area contributed by atoms with Crippen molar-refractivity contribution in [1.82, 2.24) is 19.6 Å². The third-order valence-corrected chi connectivity index (χ3v) is 11.8. The first-order chi connectivity index (χ1) is 24.5. The highest BCUT2D eigenvalue weighted by atomic mass is 19.4. The Bertz CT molecular complexity index is 1680. The molecule has 3 N–H and O–H groups in total. The van der Waals surface area contributed by atoms with Crippen LogP contribution in [0.25, 0.3) is 0 Å². The summed E-state index contributed by atoms with van der Waals surface area (Å²) in [5, 5.41) is 2.88. The number of anilines is 2. The van der Waals surface area contributed by atoms with Crippen LogP contribution in [0.1, 0.15) is 60.8 Å².